The van der Waals surface area contributed by atoms with Crippen molar-refractivity contribution >= 4 is 23.1 Å². The average Bonchev–Trinajstić information content (AvgIpc) is 3.27. The molecule has 0 radical (unpaired) electrons. The van der Waals surface area contributed by atoms with Crippen LogP contribution in [0.2, 0.25) is 0 Å². The summed E-state index contributed by atoms with van der Waals surface area (Å²) < 4.78 is 0. The van der Waals surface area contributed by atoms with Gasteiger partial charge in [0.05, 0.1) is 23.0 Å². The molecule has 4 nitrogen and oxygen atoms in total. The molecule has 0 aromatic heterocycles. The van der Waals surface area contributed by atoms with Gasteiger partial charge < -0.3 is 10.0 Å². The largest absolute Gasteiger partial charge is 0.388 e. The molecule has 1 aliphatic heterocycles. The number of para-hydroxylation sites is 1. The van der Waals surface area contributed by atoms with Crippen molar-refractivity contribution in [3.8, 4) is 12.8 Å². The minimum Gasteiger partial charge on any atom is -0.388 e. The third kappa shape index (κ3) is 6.68. The van der Waals surface area contributed by atoms with Crippen molar-refractivity contribution in [2.45, 2.75) is 51.5 Å². The fraction of sp³-hybridized carbons (Fsp3) is 0.357. The van der Waals surface area contributed by atoms with Gasteiger partial charge in [-0.1, -0.05) is 43.3 Å². The second kappa shape index (κ2) is 12.0. The van der Waals surface area contributed by atoms with Gasteiger partial charge >= 0.3 is 0 Å². The molecule has 5 heteroatoms. The van der Waals surface area contributed by atoms with E-state index >= 15 is 0 Å². The summed E-state index contributed by atoms with van der Waals surface area (Å²) >= 11 is 1.83. The van der Waals surface area contributed by atoms with Gasteiger partial charge in [-0.05, 0) is 62.6 Å². The lowest BCUT2D eigenvalue weighted by Crippen LogP contribution is -2.48. The lowest BCUT2D eigenvalue weighted by molar-refractivity contribution is 0.0573. The van der Waals surface area contributed by atoms with E-state index in [0.29, 0.717) is 0 Å². The highest BCUT2D eigenvalue weighted by Crippen LogP contribution is 2.37. The van der Waals surface area contributed by atoms with E-state index in [-0.39, 0.29) is 6.04 Å². The van der Waals surface area contributed by atoms with Crippen LogP contribution >= 0.6 is 11.8 Å². The van der Waals surface area contributed by atoms with Gasteiger partial charge in [-0.25, -0.2) is 5.43 Å². The van der Waals surface area contributed by atoms with Crippen molar-refractivity contribution < 1.29 is 5.11 Å². The zero-order chi connectivity index (χ0) is 24.6. The molecule has 1 atom stereocenters. The van der Waals surface area contributed by atoms with E-state index in [1.165, 1.54) is 21.7 Å². The minimum atomic E-state index is -0.868. The Bertz CT molecular complexity index is 984. The summed E-state index contributed by atoms with van der Waals surface area (Å²) in [5.74, 6) is 0.890. The molecule has 0 bridgehead atoms. The van der Waals surface area contributed by atoms with Crippen LogP contribution in [0.15, 0.2) is 71.3 Å². The molecule has 176 valence electrons. The molecule has 1 heterocycles. The number of allylic oxidation sites excluding steroid dienone is 1. The standard InChI is InChI=1S/C26H35N3OS.C2H2/c1-7-20-11-9-10-12-22(20)29-23(17-25(27-29)26(3,4)30)24(8-2)31-18-19-13-15-21(16-14-19)28(5)6;1-2/h8-17,25,27,30H,7,18H2,1-6H3;1-2H/b24-8-;. The van der Waals surface area contributed by atoms with Gasteiger partial charge in [0.1, 0.15) is 0 Å². The summed E-state index contributed by atoms with van der Waals surface area (Å²) in [5, 5.41) is 12.8. The molecule has 0 spiro atoms. The third-order valence-corrected chi connectivity index (χ3v) is 6.80. The van der Waals surface area contributed by atoms with Crippen LogP contribution in [0.5, 0.6) is 0 Å². The van der Waals surface area contributed by atoms with Crippen LogP contribution in [-0.2, 0) is 12.2 Å². The van der Waals surface area contributed by atoms with Gasteiger partial charge in [0.2, 0.25) is 0 Å². The maximum atomic E-state index is 10.7. The highest BCUT2D eigenvalue weighted by Gasteiger charge is 2.35. The first-order valence-corrected chi connectivity index (χ1v) is 12.2. The van der Waals surface area contributed by atoms with Crippen molar-refractivity contribution in [2.75, 3.05) is 24.0 Å². The van der Waals surface area contributed by atoms with Gasteiger partial charge in [-0.3, -0.25) is 5.01 Å². The number of nitrogens with one attached hydrogen (secondary N) is 1. The maximum Gasteiger partial charge on any atom is 0.0798 e. The second-order valence-corrected chi connectivity index (χ2v) is 9.65. The van der Waals surface area contributed by atoms with Crippen LogP contribution in [0.25, 0.3) is 0 Å². The lowest BCUT2D eigenvalue weighted by atomic mass is 10.00. The van der Waals surface area contributed by atoms with Crippen LogP contribution in [0.1, 0.15) is 38.8 Å². The zero-order valence-corrected chi connectivity index (χ0v) is 21.5. The summed E-state index contributed by atoms with van der Waals surface area (Å²) in [5.41, 5.74) is 8.68. The number of thioether (sulfide) groups is 1. The van der Waals surface area contributed by atoms with Crippen LogP contribution < -0.4 is 15.3 Å². The first kappa shape index (κ1) is 26.6. The number of hydrazine groups is 1. The first-order chi connectivity index (χ1) is 15.7. The Morgan fingerprint density at radius 1 is 1.15 bits per heavy atom. The van der Waals surface area contributed by atoms with Crippen LogP contribution in [0.4, 0.5) is 11.4 Å². The van der Waals surface area contributed by atoms with Crippen LogP contribution in [0.3, 0.4) is 0 Å². The number of aliphatic hydroxyl groups is 1. The Kier molecular flexibility index (Phi) is 9.67. The number of rotatable bonds is 8. The van der Waals surface area contributed by atoms with Crippen molar-refractivity contribution in [1.29, 1.82) is 0 Å². The van der Waals surface area contributed by atoms with E-state index in [4.69, 9.17) is 0 Å². The molecule has 0 saturated carbocycles. The number of terminal acetylenes is 1. The Labute approximate surface area is 204 Å². The molecule has 1 aliphatic rings. The van der Waals surface area contributed by atoms with Crippen molar-refractivity contribution in [1.82, 2.24) is 5.43 Å². The molecule has 0 aliphatic carbocycles. The zero-order valence-electron chi connectivity index (χ0n) is 20.7. The summed E-state index contributed by atoms with van der Waals surface area (Å²) in [6, 6.07) is 17.0. The Morgan fingerprint density at radius 3 is 2.33 bits per heavy atom. The monoisotopic (exact) mass is 463 g/mol. The van der Waals surface area contributed by atoms with Crippen molar-refractivity contribution in [3.05, 3.63) is 82.4 Å². The minimum absolute atomic E-state index is 0.165. The molecule has 0 saturated heterocycles. The molecule has 0 amide bonds. The predicted molar refractivity (Wildman–Crippen MR) is 145 cm³/mol. The fourth-order valence-electron chi connectivity index (χ4n) is 3.62. The van der Waals surface area contributed by atoms with E-state index in [9.17, 15) is 5.11 Å². The molecule has 3 rings (SSSR count). The number of hydrogen-bond donors (Lipinski definition) is 2. The number of nitrogens with zero attached hydrogens (tertiary/aromatic N) is 2. The van der Waals surface area contributed by atoms with E-state index in [2.05, 4.69) is 117 Å². The van der Waals surface area contributed by atoms with Gasteiger partial charge in [0, 0.05) is 30.4 Å². The van der Waals surface area contributed by atoms with Gasteiger partial charge in [0.15, 0.2) is 0 Å². The van der Waals surface area contributed by atoms with Crippen molar-refractivity contribution in [2.24, 2.45) is 0 Å². The van der Waals surface area contributed by atoms with Crippen LogP contribution in [0, 0.1) is 12.8 Å². The second-order valence-electron chi connectivity index (χ2n) is 8.63. The number of aryl methyl sites for hydroxylation is 1. The molecular weight excluding hydrogens is 426 g/mol. The highest BCUT2D eigenvalue weighted by atomic mass is 32.2. The summed E-state index contributed by atoms with van der Waals surface area (Å²) in [6.45, 7) is 7.96. The smallest absolute Gasteiger partial charge is 0.0798 e. The molecule has 2 aromatic carbocycles. The molecule has 1 unspecified atom stereocenters. The molecule has 0 fully saturated rings. The fourth-order valence-corrected chi connectivity index (χ4v) is 4.60. The number of benzene rings is 2. The van der Waals surface area contributed by atoms with E-state index in [1.54, 1.807) is 0 Å². The average molecular weight is 464 g/mol. The van der Waals surface area contributed by atoms with E-state index in [1.807, 2.05) is 25.6 Å². The molecule has 2 N–H and O–H groups in total. The summed E-state index contributed by atoms with van der Waals surface area (Å²) in [4.78, 5) is 3.31. The summed E-state index contributed by atoms with van der Waals surface area (Å²) in [6.07, 6.45) is 13.3. The van der Waals surface area contributed by atoms with Crippen LogP contribution in [-0.4, -0.2) is 30.8 Å². The van der Waals surface area contributed by atoms with Gasteiger partial charge in [0.25, 0.3) is 0 Å². The number of anilines is 2. The molecule has 2 aromatic rings. The molecule has 33 heavy (non-hydrogen) atoms. The lowest BCUT2D eigenvalue weighted by Gasteiger charge is -2.30. The quantitative estimate of drug-likeness (QED) is 0.488. The number of hydrogen-bond acceptors (Lipinski definition) is 5. The Hall–Kier alpha value is -2.65. The SMILES string of the molecule is C#C.C/C=C(\SCc1ccc(N(C)C)cc1)C1=CC(C(C)(C)O)NN1c1ccccc1CC. The van der Waals surface area contributed by atoms with E-state index in [0.717, 1.165) is 23.6 Å². The molecular formula is C28H37N3OS. The van der Waals surface area contributed by atoms with Crippen molar-refractivity contribution in [3.63, 3.8) is 0 Å². The maximum absolute atomic E-state index is 10.7. The van der Waals surface area contributed by atoms with Gasteiger partial charge in [-0.2, -0.15) is 0 Å². The predicted octanol–water partition coefficient (Wildman–Crippen LogP) is 5.75. The normalized spacial score (nSPS) is 16.2. The highest BCUT2D eigenvalue weighted by molar-refractivity contribution is 8.02. The topological polar surface area (TPSA) is 38.7 Å². The first-order valence-electron chi connectivity index (χ1n) is 11.2. The van der Waals surface area contributed by atoms with Gasteiger partial charge in [-0.15, -0.1) is 24.6 Å². The summed E-state index contributed by atoms with van der Waals surface area (Å²) in [7, 11) is 4.12. The Balaban J connectivity index is 0.00000187. The Morgan fingerprint density at radius 2 is 1.79 bits per heavy atom. The van der Waals surface area contributed by atoms with E-state index < -0.39 is 5.60 Å². The third-order valence-electron chi connectivity index (χ3n) is 5.57.